The number of carbonyl (C=O) groups excluding carboxylic acids is 1. The predicted molar refractivity (Wildman–Crippen MR) is 39.6 cm³/mol. The molecule has 0 saturated heterocycles. The second-order valence-corrected chi connectivity index (χ2v) is 1.86. The van der Waals surface area contributed by atoms with Crippen LogP contribution < -0.4 is 0 Å². The van der Waals surface area contributed by atoms with Gasteiger partial charge >= 0.3 is 5.97 Å². The van der Waals surface area contributed by atoms with Crippen molar-refractivity contribution in [2.24, 2.45) is 4.99 Å². The van der Waals surface area contributed by atoms with E-state index in [-0.39, 0.29) is 11.5 Å². The summed E-state index contributed by atoms with van der Waals surface area (Å²) in [5, 5.41) is 8.29. The minimum atomic E-state index is -1.20. The van der Waals surface area contributed by atoms with Crippen LogP contribution >= 0.6 is 12.6 Å². The van der Waals surface area contributed by atoms with Crippen LogP contribution in [0.2, 0.25) is 0 Å². The zero-order valence-electron chi connectivity index (χ0n) is 5.37. The van der Waals surface area contributed by atoms with E-state index in [1.54, 1.807) is 0 Å². The van der Waals surface area contributed by atoms with Gasteiger partial charge in [0.2, 0.25) is 5.91 Å². The number of carboxylic acid groups (broad SMARTS) is 1. The normalized spacial score (nSPS) is 11.2. The Labute approximate surface area is 63.4 Å². The molecule has 0 aliphatic carbocycles. The molecule has 0 radical (unpaired) electrons. The van der Waals surface area contributed by atoms with E-state index in [4.69, 9.17) is 5.11 Å². The van der Waals surface area contributed by atoms with Crippen LogP contribution in [0.25, 0.3) is 0 Å². The smallest absolute Gasteiger partial charge is 0.351 e. The first-order valence-electron chi connectivity index (χ1n) is 2.50. The van der Waals surface area contributed by atoms with Crippen LogP contribution in [0.3, 0.4) is 0 Å². The Hall–Kier alpha value is -0.840. The summed E-state index contributed by atoms with van der Waals surface area (Å²) in [6.45, 7) is 1.19. The number of aliphatic imine (C=N–C) groups is 1. The van der Waals surface area contributed by atoms with Gasteiger partial charge in [-0.3, -0.25) is 4.79 Å². The molecule has 0 unspecified atom stereocenters. The molecule has 0 bridgehead atoms. The number of carboxylic acids is 1. The van der Waals surface area contributed by atoms with Gasteiger partial charge in [0.25, 0.3) is 0 Å². The first kappa shape index (κ1) is 9.16. The number of aliphatic carboxylic acids is 1. The third-order valence-electron chi connectivity index (χ3n) is 0.689. The topological polar surface area (TPSA) is 66.7 Å². The first-order chi connectivity index (χ1) is 4.57. The quantitative estimate of drug-likeness (QED) is 0.442. The number of hydrogen-bond acceptors (Lipinski definition) is 3. The van der Waals surface area contributed by atoms with E-state index in [0.29, 0.717) is 0 Å². The van der Waals surface area contributed by atoms with Crippen LogP contribution in [0.15, 0.2) is 4.99 Å². The Morgan fingerprint density at radius 2 is 2.10 bits per heavy atom. The summed E-state index contributed by atoms with van der Waals surface area (Å²) in [5.41, 5.74) is -0.226. The lowest BCUT2D eigenvalue weighted by Gasteiger charge is -1.91. The fourth-order valence-corrected chi connectivity index (χ4v) is 0.547. The van der Waals surface area contributed by atoms with Gasteiger partial charge in [-0.15, -0.1) is 0 Å². The number of carbonyl (C=O) groups is 2. The largest absolute Gasteiger partial charge is 0.477 e. The van der Waals surface area contributed by atoms with Crippen LogP contribution in [-0.2, 0) is 9.59 Å². The fraction of sp³-hybridized carbons (Fsp3) is 0.400. The first-order valence-corrected chi connectivity index (χ1v) is 3.13. The molecule has 1 amide bonds. The Morgan fingerprint density at radius 1 is 1.60 bits per heavy atom. The average molecular weight is 161 g/mol. The molecule has 1 N–H and O–H groups in total. The lowest BCUT2D eigenvalue weighted by atomic mass is 10.4. The van der Waals surface area contributed by atoms with Crippen molar-refractivity contribution in [1.29, 1.82) is 0 Å². The van der Waals surface area contributed by atoms with Crippen molar-refractivity contribution in [3.8, 4) is 0 Å². The molecule has 0 aliphatic rings. The van der Waals surface area contributed by atoms with Gasteiger partial charge in [0.05, 0.1) is 0 Å². The number of thiol groups is 1. The molecule has 0 fully saturated rings. The van der Waals surface area contributed by atoms with Gasteiger partial charge in [0, 0.05) is 12.7 Å². The monoisotopic (exact) mass is 161 g/mol. The van der Waals surface area contributed by atoms with E-state index < -0.39 is 11.9 Å². The molecular weight excluding hydrogens is 154 g/mol. The molecule has 0 aromatic heterocycles. The summed E-state index contributed by atoms with van der Waals surface area (Å²) in [6, 6.07) is 0. The van der Waals surface area contributed by atoms with E-state index in [1.165, 1.54) is 6.92 Å². The molecule has 0 heterocycles. The molecule has 0 aliphatic heterocycles. The van der Waals surface area contributed by atoms with Crippen LogP contribution in [0.5, 0.6) is 0 Å². The molecule has 0 atom stereocenters. The maximum Gasteiger partial charge on any atom is 0.351 e. The second-order valence-electron chi connectivity index (χ2n) is 1.54. The van der Waals surface area contributed by atoms with Gasteiger partial charge in [-0.25, -0.2) is 9.79 Å². The minimum absolute atomic E-state index is 0.0328. The highest BCUT2D eigenvalue weighted by Gasteiger charge is 2.06. The minimum Gasteiger partial charge on any atom is -0.477 e. The van der Waals surface area contributed by atoms with Crippen molar-refractivity contribution in [2.75, 3.05) is 5.75 Å². The highest BCUT2D eigenvalue weighted by atomic mass is 32.1. The summed E-state index contributed by atoms with van der Waals surface area (Å²) in [5.74, 6) is -1.76. The molecule has 10 heavy (non-hydrogen) atoms. The molecule has 0 rings (SSSR count). The van der Waals surface area contributed by atoms with Crippen molar-refractivity contribution in [3.63, 3.8) is 0 Å². The molecule has 0 saturated carbocycles. The maximum atomic E-state index is 10.2. The lowest BCUT2D eigenvalue weighted by molar-refractivity contribution is -0.129. The van der Waals surface area contributed by atoms with E-state index in [2.05, 4.69) is 17.6 Å². The molecule has 0 aromatic carbocycles. The van der Waals surface area contributed by atoms with Crippen molar-refractivity contribution >= 4 is 30.2 Å². The number of nitrogens with zero attached hydrogens (tertiary/aromatic N) is 1. The molecule has 0 spiro atoms. The van der Waals surface area contributed by atoms with Gasteiger partial charge in [-0.1, -0.05) is 0 Å². The molecular formula is C5H7NO3S. The van der Waals surface area contributed by atoms with E-state index in [0.717, 1.165) is 0 Å². The van der Waals surface area contributed by atoms with Gasteiger partial charge in [-0.05, 0) is 0 Å². The van der Waals surface area contributed by atoms with Crippen LogP contribution in [0.1, 0.15) is 6.92 Å². The summed E-state index contributed by atoms with van der Waals surface area (Å²) in [4.78, 5) is 23.6. The zero-order chi connectivity index (χ0) is 8.15. The van der Waals surface area contributed by atoms with Crippen LogP contribution in [-0.4, -0.2) is 28.4 Å². The third-order valence-corrected chi connectivity index (χ3v) is 0.989. The standard InChI is InChI=1S/C5H7NO3S/c1-3(7)6-4(2-10)5(8)9/h10H,2H2,1H3,(H,8,9)/b6-4-. The van der Waals surface area contributed by atoms with E-state index in [9.17, 15) is 9.59 Å². The van der Waals surface area contributed by atoms with Crippen molar-refractivity contribution in [2.45, 2.75) is 6.92 Å². The Morgan fingerprint density at radius 3 is 2.20 bits per heavy atom. The number of rotatable bonds is 2. The van der Waals surface area contributed by atoms with Crippen molar-refractivity contribution in [1.82, 2.24) is 0 Å². The molecule has 5 heteroatoms. The summed E-state index contributed by atoms with van der Waals surface area (Å²) in [7, 11) is 0. The number of hydrogen-bond donors (Lipinski definition) is 2. The Kier molecular flexibility index (Phi) is 3.71. The number of amides is 1. The zero-order valence-corrected chi connectivity index (χ0v) is 6.26. The SMILES string of the molecule is CC(=O)/N=C(/CS)C(=O)O. The Bertz CT molecular complexity index is 187. The van der Waals surface area contributed by atoms with Gasteiger partial charge in [-0.2, -0.15) is 12.6 Å². The molecule has 56 valence electrons. The van der Waals surface area contributed by atoms with Crippen LogP contribution in [0, 0.1) is 0 Å². The second kappa shape index (κ2) is 4.05. The molecule has 0 aromatic rings. The highest BCUT2D eigenvalue weighted by molar-refractivity contribution is 7.81. The van der Waals surface area contributed by atoms with Gasteiger partial charge in [0.1, 0.15) is 5.71 Å². The summed E-state index contributed by atoms with van der Waals surface area (Å²) < 4.78 is 0. The predicted octanol–water partition coefficient (Wildman–Crippen LogP) is -0.0117. The van der Waals surface area contributed by atoms with E-state index in [1.807, 2.05) is 0 Å². The fourth-order valence-electron chi connectivity index (χ4n) is 0.341. The maximum absolute atomic E-state index is 10.2. The highest BCUT2D eigenvalue weighted by Crippen LogP contribution is 1.85. The van der Waals surface area contributed by atoms with Crippen molar-refractivity contribution < 1.29 is 14.7 Å². The summed E-state index contributed by atoms with van der Waals surface area (Å²) in [6.07, 6.45) is 0. The lowest BCUT2D eigenvalue weighted by Crippen LogP contribution is -2.15. The average Bonchev–Trinajstić information content (AvgIpc) is 1.81. The van der Waals surface area contributed by atoms with Gasteiger partial charge < -0.3 is 5.11 Å². The molecule has 4 nitrogen and oxygen atoms in total. The van der Waals surface area contributed by atoms with E-state index >= 15 is 0 Å². The third kappa shape index (κ3) is 3.24. The van der Waals surface area contributed by atoms with Gasteiger partial charge in [0.15, 0.2) is 0 Å². The van der Waals surface area contributed by atoms with Crippen LogP contribution in [0.4, 0.5) is 0 Å². The van der Waals surface area contributed by atoms with Crippen molar-refractivity contribution in [3.05, 3.63) is 0 Å². The Balaban J connectivity index is 4.34. The summed E-state index contributed by atoms with van der Waals surface area (Å²) >= 11 is 3.67.